The molecule has 0 spiro atoms. The van der Waals surface area contributed by atoms with E-state index in [1.165, 1.54) is 17.4 Å². The molecule has 2 aromatic rings. The van der Waals surface area contributed by atoms with Crippen LogP contribution in [0, 0.1) is 18.2 Å². The van der Waals surface area contributed by atoms with E-state index in [0.29, 0.717) is 47.2 Å². The number of aromatic nitrogens is 1. The third-order valence-electron chi connectivity index (χ3n) is 6.71. The maximum absolute atomic E-state index is 14.4. The standard InChI is InChI=1S/C23H23FN6O3S/c1-12-13(4-3-5-14(12)24)18-17(21(31)32)15(26-19(27-18)20-25-7-9-34-20)10-30-8-6-23(2)16(11-30)28-29-22(23)33/h3-5,7,9,18H,6,8,10-11H2,1-2H3,(H,26,27)(H,29,33)(H,31,32)/t18-,23?/m0/s1. The molecule has 0 aliphatic carbocycles. The number of carboxylic acids is 1. The minimum atomic E-state index is -1.13. The van der Waals surface area contributed by atoms with Crippen molar-refractivity contribution in [3.05, 3.63) is 63.0 Å². The third-order valence-corrected chi connectivity index (χ3v) is 7.49. The van der Waals surface area contributed by atoms with E-state index in [0.717, 1.165) is 5.71 Å². The van der Waals surface area contributed by atoms with Crippen LogP contribution in [0.5, 0.6) is 0 Å². The maximum atomic E-state index is 14.4. The van der Waals surface area contributed by atoms with Crippen LogP contribution >= 0.6 is 11.3 Å². The maximum Gasteiger partial charge on any atom is 0.335 e. The Balaban J connectivity index is 1.54. The van der Waals surface area contributed by atoms with Gasteiger partial charge in [-0.15, -0.1) is 11.3 Å². The van der Waals surface area contributed by atoms with Crippen molar-refractivity contribution in [2.24, 2.45) is 15.5 Å². The van der Waals surface area contributed by atoms with Crippen molar-refractivity contribution in [3.8, 4) is 0 Å². The van der Waals surface area contributed by atoms with E-state index >= 15 is 0 Å². The van der Waals surface area contributed by atoms with E-state index in [4.69, 9.17) is 0 Å². The smallest absolute Gasteiger partial charge is 0.335 e. The van der Waals surface area contributed by atoms with E-state index < -0.39 is 23.2 Å². The number of fused-ring (bicyclic) bond motifs is 1. The molecular weight excluding hydrogens is 459 g/mol. The van der Waals surface area contributed by atoms with Gasteiger partial charge in [0, 0.05) is 36.9 Å². The summed E-state index contributed by atoms with van der Waals surface area (Å²) in [7, 11) is 0. The van der Waals surface area contributed by atoms with Gasteiger partial charge in [0.05, 0.1) is 16.7 Å². The van der Waals surface area contributed by atoms with E-state index in [2.05, 4.69) is 25.8 Å². The van der Waals surface area contributed by atoms with Crippen LogP contribution in [0.25, 0.3) is 0 Å². The van der Waals surface area contributed by atoms with Gasteiger partial charge in [0.25, 0.3) is 5.91 Å². The summed E-state index contributed by atoms with van der Waals surface area (Å²) in [5.74, 6) is -1.21. The Hall–Kier alpha value is -3.44. The number of rotatable bonds is 5. The van der Waals surface area contributed by atoms with E-state index in [1.54, 1.807) is 25.3 Å². The van der Waals surface area contributed by atoms with Gasteiger partial charge in [-0.3, -0.25) is 14.7 Å². The number of piperidine rings is 1. The molecule has 5 rings (SSSR count). The number of hydrazone groups is 1. The van der Waals surface area contributed by atoms with Crippen molar-refractivity contribution in [1.29, 1.82) is 0 Å². The number of likely N-dealkylation sites (tertiary alicyclic amines) is 1. The van der Waals surface area contributed by atoms with Crippen LogP contribution in [0.3, 0.4) is 0 Å². The number of hydrogen-bond donors (Lipinski definition) is 3. The average Bonchev–Trinajstić information content (AvgIpc) is 3.44. The quantitative estimate of drug-likeness (QED) is 0.601. The first-order chi connectivity index (χ1) is 16.3. The van der Waals surface area contributed by atoms with Crippen LogP contribution in [0.15, 0.2) is 51.1 Å². The number of hydrogen-bond acceptors (Lipinski definition) is 8. The van der Waals surface area contributed by atoms with Crippen LogP contribution in [0.1, 0.15) is 35.5 Å². The lowest BCUT2D eigenvalue weighted by molar-refractivity contribution is -0.133. The fourth-order valence-electron chi connectivity index (χ4n) is 4.56. The van der Waals surface area contributed by atoms with E-state index in [9.17, 15) is 19.1 Å². The molecule has 3 N–H and O–H groups in total. The molecule has 1 aromatic carbocycles. The summed E-state index contributed by atoms with van der Waals surface area (Å²) in [6, 6.07) is 3.71. The summed E-state index contributed by atoms with van der Waals surface area (Å²) in [4.78, 5) is 35.7. The zero-order valence-electron chi connectivity index (χ0n) is 18.6. The van der Waals surface area contributed by atoms with E-state index in [-0.39, 0.29) is 18.0 Å². The molecule has 34 heavy (non-hydrogen) atoms. The third kappa shape index (κ3) is 3.70. The summed E-state index contributed by atoms with van der Waals surface area (Å²) in [5, 5.41) is 20.0. The van der Waals surface area contributed by atoms with Crippen LogP contribution in [-0.4, -0.2) is 58.0 Å². The van der Waals surface area contributed by atoms with Crippen molar-refractivity contribution in [1.82, 2.24) is 20.6 Å². The fraction of sp³-hybridized carbons (Fsp3) is 0.348. The molecule has 0 radical (unpaired) electrons. The molecule has 3 aliphatic rings. The highest BCUT2D eigenvalue weighted by molar-refractivity contribution is 7.11. The Morgan fingerprint density at radius 2 is 2.24 bits per heavy atom. The topological polar surface area (TPSA) is 119 Å². The number of amides is 1. The first-order valence-corrected chi connectivity index (χ1v) is 11.7. The minimum absolute atomic E-state index is 0.0601. The highest BCUT2D eigenvalue weighted by atomic mass is 32.1. The van der Waals surface area contributed by atoms with Gasteiger partial charge in [-0.25, -0.2) is 19.6 Å². The van der Waals surface area contributed by atoms with Crippen molar-refractivity contribution < 1.29 is 19.1 Å². The number of thiazole rings is 1. The van der Waals surface area contributed by atoms with Crippen molar-refractivity contribution in [3.63, 3.8) is 0 Å². The summed E-state index contributed by atoms with van der Waals surface area (Å²) >= 11 is 1.38. The second kappa shape index (κ2) is 8.41. The van der Waals surface area contributed by atoms with Gasteiger partial charge < -0.3 is 10.4 Å². The van der Waals surface area contributed by atoms with Gasteiger partial charge in [-0.05, 0) is 37.5 Å². The zero-order valence-corrected chi connectivity index (χ0v) is 19.4. The molecule has 1 amide bonds. The molecule has 0 saturated carbocycles. The second-order valence-electron chi connectivity index (χ2n) is 8.79. The average molecular weight is 483 g/mol. The van der Waals surface area contributed by atoms with Gasteiger partial charge >= 0.3 is 5.97 Å². The molecule has 11 heteroatoms. The number of carbonyl (C=O) groups is 2. The molecule has 1 fully saturated rings. The predicted molar refractivity (Wildman–Crippen MR) is 125 cm³/mol. The summed E-state index contributed by atoms with van der Waals surface area (Å²) in [5.41, 5.74) is 4.04. The molecule has 4 heterocycles. The van der Waals surface area contributed by atoms with Crippen molar-refractivity contribution in [2.75, 3.05) is 19.6 Å². The normalized spacial score (nSPS) is 24.8. The largest absolute Gasteiger partial charge is 0.478 e. The molecule has 9 nitrogen and oxygen atoms in total. The molecular formula is C23H23FN6O3S. The van der Waals surface area contributed by atoms with Gasteiger partial charge in [-0.2, -0.15) is 5.10 Å². The number of carbonyl (C=O) groups excluding carboxylic acids is 1. The predicted octanol–water partition coefficient (Wildman–Crippen LogP) is 2.22. The number of aliphatic imine (C=N–C) groups is 1. The lowest BCUT2D eigenvalue weighted by Gasteiger charge is -2.37. The van der Waals surface area contributed by atoms with Crippen molar-refractivity contribution >= 4 is 34.8 Å². The highest BCUT2D eigenvalue weighted by Gasteiger charge is 2.46. The SMILES string of the molecule is Cc1c(F)cccc1[C@@H]1N=C(c2nccs2)NC(CN2CCC3(C)C(=O)NN=C3C2)=C1C(=O)O. The molecule has 2 atom stereocenters. The molecule has 1 saturated heterocycles. The summed E-state index contributed by atoms with van der Waals surface area (Å²) in [6.07, 6.45) is 2.23. The monoisotopic (exact) mass is 482 g/mol. The summed E-state index contributed by atoms with van der Waals surface area (Å²) < 4.78 is 14.4. The highest BCUT2D eigenvalue weighted by Crippen LogP contribution is 2.36. The Bertz CT molecular complexity index is 1270. The number of aliphatic carboxylic acids is 1. The fourth-order valence-corrected chi connectivity index (χ4v) is 5.15. The number of nitrogens with one attached hydrogen (secondary N) is 2. The number of halogens is 1. The van der Waals surface area contributed by atoms with Gasteiger partial charge in [0.2, 0.25) is 0 Å². The first kappa shape index (κ1) is 22.4. The van der Waals surface area contributed by atoms with Crippen molar-refractivity contribution in [2.45, 2.75) is 26.3 Å². The molecule has 0 bridgehead atoms. The van der Waals surface area contributed by atoms with Gasteiger partial charge in [0.15, 0.2) is 10.8 Å². The van der Waals surface area contributed by atoms with Crippen LogP contribution in [0.4, 0.5) is 4.39 Å². The second-order valence-corrected chi connectivity index (χ2v) is 9.68. The molecule has 176 valence electrons. The number of amidine groups is 1. The number of carboxylic acid groups (broad SMARTS) is 1. The summed E-state index contributed by atoms with van der Waals surface area (Å²) in [6.45, 7) is 4.80. The zero-order chi connectivity index (χ0) is 24.0. The van der Waals surface area contributed by atoms with E-state index in [1.807, 2.05) is 17.2 Å². The van der Waals surface area contributed by atoms with Crippen LogP contribution in [-0.2, 0) is 9.59 Å². The Morgan fingerprint density at radius 1 is 1.41 bits per heavy atom. The van der Waals surface area contributed by atoms with Gasteiger partial charge in [0.1, 0.15) is 11.9 Å². The Morgan fingerprint density at radius 3 is 2.97 bits per heavy atom. The first-order valence-electron chi connectivity index (χ1n) is 10.8. The minimum Gasteiger partial charge on any atom is -0.478 e. The lowest BCUT2D eigenvalue weighted by Crippen LogP contribution is -2.50. The van der Waals surface area contributed by atoms with Crippen LogP contribution < -0.4 is 10.7 Å². The molecule has 3 aliphatic heterocycles. The molecule has 1 unspecified atom stereocenters. The van der Waals surface area contributed by atoms with Gasteiger partial charge in [-0.1, -0.05) is 12.1 Å². The molecule has 1 aromatic heterocycles. The Kier molecular flexibility index (Phi) is 5.53. The lowest BCUT2D eigenvalue weighted by atomic mass is 9.78. The van der Waals surface area contributed by atoms with Crippen LogP contribution in [0.2, 0.25) is 0 Å². The number of nitrogens with zero attached hydrogens (tertiary/aromatic N) is 4. The Labute approximate surface area is 199 Å². The number of benzene rings is 1.